The SMILES string of the molecule is COc1cccc(C(c2ccc(Br)s2)N2CCCNCC2)c1. The average molecular weight is 381 g/mol. The molecule has 1 aromatic carbocycles. The summed E-state index contributed by atoms with van der Waals surface area (Å²) < 4.78 is 6.61. The zero-order valence-electron chi connectivity index (χ0n) is 12.7. The number of halogens is 1. The second kappa shape index (κ2) is 7.59. The molecule has 1 N–H and O–H groups in total. The minimum Gasteiger partial charge on any atom is -0.497 e. The molecule has 1 unspecified atom stereocenters. The molecule has 0 radical (unpaired) electrons. The van der Waals surface area contributed by atoms with Gasteiger partial charge in [-0.2, -0.15) is 0 Å². The average Bonchev–Trinajstić information content (AvgIpc) is 2.80. The minimum absolute atomic E-state index is 0.297. The summed E-state index contributed by atoms with van der Waals surface area (Å²) in [5, 5.41) is 3.49. The van der Waals surface area contributed by atoms with E-state index in [1.54, 1.807) is 7.11 Å². The largest absolute Gasteiger partial charge is 0.497 e. The van der Waals surface area contributed by atoms with Crippen molar-refractivity contribution in [3.63, 3.8) is 0 Å². The van der Waals surface area contributed by atoms with E-state index in [-0.39, 0.29) is 0 Å². The third-order valence-corrected chi connectivity index (χ3v) is 5.69. The molecule has 1 saturated heterocycles. The fourth-order valence-electron chi connectivity index (χ4n) is 2.97. The van der Waals surface area contributed by atoms with Crippen LogP contribution < -0.4 is 10.1 Å². The number of nitrogens with one attached hydrogen (secondary N) is 1. The molecular formula is C17H21BrN2OS. The van der Waals surface area contributed by atoms with Crippen molar-refractivity contribution in [1.82, 2.24) is 10.2 Å². The summed E-state index contributed by atoms with van der Waals surface area (Å²) in [7, 11) is 1.73. The van der Waals surface area contributed by atoms with Gasteiger partial charge in [0.2, 0.25) is 0 Å². The van der Waals surface area contributed by atoms with Gasteiger partial charge in [-0.15, -0.1) is 11.3 Å². The van der Waals surface area contributed by atoms with Crippen molar-refractivity contribution in [2.75, 3.05) is 33.3 Å². The monoisotopic (exact) mass is 380 g/mol. The number of thiophene rings is 1. The van der Waals surface area contributed by atoms with E-state index in [4.69, 9.17) is 4.74 Å². The minimum atomic E-state index is 0.297. The van der Waals surface area contributed by atoms with Gasteiger partial charge in [0.15, 0.2) is 0 Å². The molecule has 118 valence electrons. The first-order chi connectivity index (χ1) is 10.8. The van der Waals surface area contributed by atoms with Crippen molar-refractivity contribution in [3.8, 4) is 5.75 Å². The number of nitrogens with zero attached hydrogens (tertiary/aromatic N) is 1. The van der Waals surface area contributed by atoms with E-state index < -0.39 is 0 Å². The normalized spacial score (nSPS) is 17.9. The molecule has 0 amide bonds. The van der Waals surface area contributed by atoms with E-state index >= 15 is 0 Å². The number of methoxy groups -OCH3 is 1. The lowest BCUT2D eigenvalue weighted by Gasteiger charge is -2.30. The van der Waals surface area contributed by atoms with Crippen LogP contribution in [0.25, 0.3) is 0 Å². The molecule has 0 spiro atoms. The second-order valence-electron chi connectivity index (χ2n) is 5.46. The summed E-state index contributed by atoms with van der Waals surface area (Å²) in [4.78, 5) is 3.95. The van der Waals surface area contributed by atoms with E-state index in [1.807, 2.05) is 17.4 Å². The highest BCUT2D eigenvalue weighted by Gasteiger charge is 2.24. The van der Waals surface area contributed by atoms with Gasteiger partial charge in [-0.25, -0.2) is 0 Å². The summed E-state index contributed by atoms with van der Waals surface area (Å²) in [6, 6.07) is 13.1. The lowest BCUT2D eigenvalue weighted by molar-refractivity contribution is 0.243. The van der Waals surface area contributed by atoms with E-state index in [9.17, 15) is 0 Å². The van der Waals surface area contributed by atoms with Gasteiger partial charge in [0.1, 0.15) is 5.75 Å². The van der Waals surface area contributed by atoms with Crippen molar-refractivity contribution in [1.29, 1.82) is 0 Å². The molecule has 1 fully saturated rings. The van der Waals surface area contributed by atoms with Crippen LogP contribution in [0.3, 0.4) is 0 Å². The quantitative estimate of drug-likeness (QED) is 0.869. The summed E-state index contributed by atoms with van der Waals surface area (Å²) in [6.07, 6.45) is 1.19. The van der Waals surface area contributed by atoms with Gasteiger partial charge < -0.3 is 10.1 Å². The van der Waals surface area contributed by atoms with Crippen molar-refractivity contribution in [2.24, 2.45) is 0 Å². The van der Waals surface area contributed by atoms with Gasteiger partial charge in [-0.1, -0.05) is 12.1 Å². The smallest absolute Gasteiger partial charge is 0.119 e. The first-order valence-corrected chi connectivity index (χ1v) is 9.23. The Labute approximate surface area is 144 Å². The first kappa shape index (κ1) is 16.0. The highest BCUT2D eigenvalue weighted by atomic mass is 79.9. The molecule has 1 aliphatic rings. The molecule has 0 bridgehead atoms. The van der Waals surface area contributed by atoms with Crippen LogP contribution in [0.15, 0.2) is 40.2 Å². The maximum Gasteiger partial charge on any atom is 0.119 e. The predicted octanol–water partition coefficient (Wildman–Crippen LogP) is 3.90. The van der Waals surface area contributed by atoms with Crippen LogP contribution in [-0.4, -0.2) is 38.2 Å². The van der Waals surface area contributed by atoms with Crippen molar-refractivity contribution >= 4 is 27.3 Å². The molecule has 22 heavy (non-hydrogen) atoms. The molecule has 3 nitrogen and oxygen atoms in total. The van der Waals surface area contributed by atoms with Crippen LogP contribution in [0.1, 0.15) is 22.9 Å². The van der Waals surface area contributed by atoms with Crippen LogP contribution in [-0.2, 0) is 0 Å². The van der Waals surface area contributed by atoms with E-state index in [1.165, 1.54) is 20.6 Å². The molecule has 1 aromatic heterocycles. The number of ether oxygens (including phenoxy) is 1. The van der Waals surface area contributed by atoms with E-state index in [0.29, 0.717) is 6.04 Å². The first-order valence-electron chi connectivity index (χ1n) is 7.62. The van der Waals surface area contributed by atoms with E-state index in [2.05, 4.69) is 56.5 Å². The summed E-state index contributed by atoms with van der Waals surface area (Å²) in [6.45, 7) is 4.34. The van der Waals surface area contributed by atoms with E-state index in [0.717, 1.165) is 31.9 Å². The zero-order valence-corrected chi connectivity index (χ0v) is 15.1. The summed E-state index contributed by atoms with van der Waals surface area (Å²) in [5.74, 6) is 0.922. The Morgan fingerprint density at radius 3 is 2.91 bits per heavy atom. The Morgan fingerprint density at radius 1 is 1.23 bits per heavy atom. The number of rotatable bonds is 4. The van der Waals surface area contributed by atoms with Crippen LogP contribution in [0.4, 0.5) is 0 Å². The van der Waals surface area contributed by atoms with Gasteiger partial charge in [0.05, 0.1) is 16.9 Å². The number of benzene rings is 1. The zero-order chi connectivity index (χ0) is 15.4. The molecule has 0 aliphatic carbocycles. The second-order valence-corrected chi connectivity index (χ2v) is 7.96. The third-order valence-electron chi connectivity index (χ3n) is 4.01. The van der Waals surface area contributed by atoms with Gasteiger partial charge in [0.25, 0.3) is 0 Å². The van der Waals surface area contributed by atoms with Gasteiger partial charge in [0, 0.05) is 24.5 Å². The fraction of sp³-hybridized carbons (Fsp3) is 0.412. The van der Waals surface area contributed by atoms with Crippen molar-refractivity contribution in [2.45, 2.75) is 12.5 Å². The number of hydrogen-bond donors (Lipinski definition) is 1. The summed E-state index contributed by atoms with van der Waals surface area (Å²) in [5.41, 5.74) is 1.30. The van der Waals surface area contributed by atoms with Crippen LogP contribution in [0, 0.1) is 0 Å². The molecular weight excluding hydrogens is 360 g/mol. The van der Waals surface area contributed by atoms with Gasteiger partial charge >= 0.3 is 0 Å². The Kier molecular flexibility index (Phi) is 5.52. The molecule has 5 heteroatoms. The third kappa shape index (κ3) is 3.71. The predicted molar refractivity (Wildman–Crippen MR) is 95.9 cm³/mol. The van der Waals surface area contributed by atoms with Gasteiger partial charge in [-0.3, -0.25) is 4.90 Å². The molecule has 0 saturated carbocycles. The molecule has 2 aromatic rings. The van der Waals surface area contributed by atoms with Crippen molar-refractivity contribution < 1.29 is 4.74 Å². The summed E-state index contributed by atoms with van der Waals surface area (Å²) >= 11 is 5.42. The van der Waals surface area contributed by atoms with Crippen LogP contribution in [0.2, 0.25) is 0 Å². The Hall–Kier alpha value is -0.880. The maximum absolute atomic E-state index is 5.42. The lowest BCUT2D eigenvalue weighted by Crippen LogP contribution is -2.32. The van der Waals surface area contributed by atoms with Gasteiger partial charge in [-0.05, 0) is 58.7 Å². The lowest BCUT2D eigenvalue weighted by atomic mass is 10.0. The maximum atomic E-state index is 5.42. The standard InChI is InChI=1S/C17H21BrN2OS/c1-21-14-5-2-4-13(12-14)17(15-6-7-16(18)22-15)20-10-3-8-19-9-11-20/h2,4-7,12,17,19H,3,8-11H2,1H3. The Morgan fingerprint density at radius 2 is 2.14 bits per heavy atom. The van der Waals surface area contributed by atoms with Crippen LogP contribution >= 0.6 is 27.3 Å². The fourth-order valence-corrected chi connectivity index (χ4v) is 4.55. The molecule has 2 heterocycles. The highest BCUT2D eigenvalue weighted by Crippen LogP contribution is 2.36. The highest BCUT2D eigenvalue weighted by molar-refractivity contribution is 9.11. The molecule has 1 atom stereocenters. The van der Waals surface area contributed by atoms with Crippen LogP contribution in [0.5, 0.6) is 5.75 Å². The number of hydrogen-bond acceptors (Lipinski definition) is 4. The Balaban J connectivity index is 1.97. The topological polar surface area (TPSA) is 24.5 Å². The molecule has 3 rings (SSSR count). The van der Waals surface area contributed by atoms with Crippen molar-refractivity contribution in [3.05, 3.63) is 50.6 Å². The molecule has 1 aliphatic heterocycles. The Bertz CT molecular complexity index is 608.